The van der Waals surface area contributed by atoms with Gasteiger partial charge in [0, 0.05) is 42.7 Å². The molecule has 2 amide bonds. The van der Waals surface area contributed by atoms with E-state index in [4.69, 9.17) is 11.6 Å². The van der Waals surface area contributed by atoms with Crippen molar-refractivity contribution >= 4 is 34.9 Å². The molecule has 7 nitrogen and oxygen atoms in total. The van der Waals surface area contributed by atoms with E-state index in [9.17, 15) is 9.59 Å². The van der Waals surface area contributed by atoms with Crippen molar-refractivity contribution in [1.29, 1.82) is 0 Å². The predicted octanol–water partition coefficient (Wildman–Crippen LogP) is 3.28. The minimum atomic E-state index is -0.327. The van der Waals surface area contributed by atoms with Crippen molar-refractivity contribution in [3.63, 3.8) is 0 Å². The second-order valence-corrected chi connectivity index (χ2v) is 5.92. The number of hydrogen-bond donors (Lipinski definition) is 3. The summed E-state index contributed by atoms with van der Waals surface area (Å²) in [5.41, 5.74) is 0.955. The molecule has 8 heteroatoms. The van der Waals surface area contributed by atoms with Crippen LogP contribution in [0.1, 0.15) is 22.6 Å². The number of nitrogens with zero attached hydrogens (tertiary/aromatic N) is 2. The Morgan fingerprint density at radius 1 is 1.12 bits per heavy atom. The van der Waals surface area contributed by atoms with Crippen LogP contribution in [0.15, 0.2) is 55.0 Å². The Morgan fingerprint density at radius 2 is 2.00 bits per heavy atom. The first-order valence-electron chi connectivity index (χ1n) is 7.91. The molecule has 132 valence electrons. The largest absolute Gasteiger partial charge is 0.349 e. The predicted molar refractivity (Wildman–Crippen MR) is 99.2 cm³/mol. The number of aryl methyl sites for hydroxylation is 1. The number of carbonyl (C=O) groups is 2. The second-order valence-electron chi connectivity index (χ2n) is 5.48. The molecule has 3 rings (SSSR count). The van der Waals surface area contributed by atoms with Gasteiger partial charge in [-0.1, -0.05) is 17.7 Å². The fourth-order valence-corrected chi connectivity index (χ4v) is 2.38. The lowest BCUT2D eigenvalue weighted by Gasteiger charge is -2.08. The maximum Gasteiger partial charge on any atom is 0.256 e. The average molecular weight is 370 g/mol. The number of halogens is 1. The molecule has 0 saturated carbocycles. The summed E-state index contributed by atoms with van der Waals surface area (Å²) in [7, 11) is 0. The number of anilines is 2. The number of benzene rings is 1. The first-order valence-corrected chi connectivity index (χ1v) is 8.29. The highest BCUT2D eigenvalue weighted by atomic mass is 35.5. The molecule has 0 saturated heterocycles. The van der Waals surface area contributed by atoms with E-state index < -0.39 is 0 Å². The number of nitrogens with one attached hydrogen (secondary N) is 3. The maximum atomic E-state index is 12.3. The monoisotopic (exact) mass is 369 g/mol. The van der Waals surface area contributed by atoms with Crippen molar-refractivity contribution in [3.8, 4) is 0 Å². The van der Waals surface area contributed by atoms with Gasteiger partial charge in [0.1, 0.15) is 11.6 Å². The number of pyridine rings is 1. The molecule has 0 atom stereocenters. The van der Waals surface area contributed by atoms with Gasteiger partial charge < -0.3 is 15.6 Å². The lowest BCUT2D eigenvalue weighted by molar-refractivity contribution is -0.116. The number of rotatable bonds is 6. The van der Waals surface area contributed by atoms with Crippen LogP contribution in [0, 0.1) is 0 Å². The van der Waals surface area contributed by atoms with E-state index in [0.29, 0.717) is 34.9 Å². The minimum absolute atomic E-state index is 0.154. The van der Waals surface area contributed by atoms with Crippen molar-refractivity contribution in [3.05, 3.63) is 71.4 Å². The summed E-state index contributed by atoms with van der Waals surface area (Å²) >= 11 is 5.77. The molecule has 0 bridgehead atoms. The van der Waals surface area contributed by atoms with Gasteiger partial charge in [0.2, 0.25) is 5.91 Å². The van der Waals surface area contributed by atoms with E-state index in [0.717, 1.165) is 5.82 Å². The highest BCUT2D eigenvalue weighted by molar-refractivity contribution is 6.30. The zero-order valence-corrected chi connectivity index (χ0v) is 14.5. The first kappa shape index (κ1) is 17.6. The van der Waals surface area contributed by atoms with Gasteiger partial charge in [0.15, 0.2) is 0 Å². The first-order chi connectivity index (χ1) is 12.6. The molecule has 1 aromatic carbocycles. The smallest absolute Gasteiger partial charge is 0.256 e. The summed E-state index contributed by atoms with van der Waals surface area (Å²) in [5, 5.41) is 5.94. The number of imidazole rings is 1. The molecule has 0 aliphatic heterocycles. The molecule has 0 unspecified atom stereocenters. The van der Waals surface area contributed by atoms with Crippen molar-refractivity contribution in [2.45, 2.75) is 12.8 Å². The van der Waals surface area contributed by atoms with Crippen LogP contribution in [0.25, 0.3) is 0 Å². The Kier molecular flexibility index (Phi) is 5.60. The molecule has 0 spiro atoms. The van der Waals surface area contributed by atoms with Crippen LogP contribution in [0.5, 0.6) is 0 Å². The molecule has 0 aliphatic rings. The zero-order chi connectivity index (χ0) is 18.4. The van der Waals surface area contributed by atoms with Gasteiger partial charge in [-0.05, 0) is 30.3 Å². The second kappa shape index (κ2) is 8.26. The molecule has 0 fully saturated rings. The van der Waals surface area contributed by atoms with Crippen molar-refractivity contribution < 1.29 is 9.59 Å². The summed E-state index contributed by atoms with van der Waals surface area (Å²) < 4.78 is 0. The number of H-pyrrole nitrogens is 1. The molecule has 2 heterocycles. The lowest BCUT2D eigenvalue weighted by atomic mass is 10.2. The van der Waals surface area contributed by atoms with Gasteiger partial charge in [0.25, 0.3) is 5.91 Å². The van der Waals surface area contributed by atoms with Crippen LogP contribution < -0.4 is 10.6 Å². The van der Waals surface area contributed by atoms with Crippen molar-refractivity contribution in [1.82, 2.24) is 15.0 Å². The Hall–Kier alpha value is -3.19. The third-order valence-corrected chi connectivity index (χ3v) is 3.74. The number of aromatic amines is 1. The number of carbonyl (C=O) groups excluding carboxylic acids is 2. The van der Waals surface area contributed by atoms with Crippen LogP contribution in [0.3, 0.4) is 0 Å². The summed E-state index contributed by atoms with van der Waals surface area (Å²) in [6.07, 6.45) is 5.61. The van der Waals surface area contributed by atoms with E-state index in [2.05, 4.69) is 25.6 Å². The van der Waals surface area contributed by atoms with Gasteiger partial charge in [-0.15, -0.1) is 0 Å². The quantitative estimate of drug-likeness (QED) is 0.620. The van der Waals surface area contributed by atoms with Crippen LogP contribution in [-0.4, -0.2) is 26.8 Å². The normalized spacial score (nSPS) is 10.3. The van der Waals surface area contributed by atoms with E-state index >= 15 is 0 Å². The van der Waals surface area contributed by atoms with E-state index in [-0.39, 0.29) is 11.8 Å². The average Bonchev–Trinajstić information content (AvgIpc) is 3.16. The molecule has 3 N–H and O–H groups in total. The molecule has 0 aliphatic carbocycles. The van der Waals surface area contributed by atoms with Crippen molar-refractivity contribution in [2.75, 3.05) is 10.6 Å². The molecular formula is C18H16ClN5O2. The lowest BCUT2D eigenvalue weighted by Crippen LogP contribution is -2.15. The zero-order valence-electron chi connectivity index (χ0n) is 13.7. The highest BCUT2D eigenvalue weighted by Gasteiger charge is 2.09. The maximum absolute atomic E-state index is 12.3. The highest BCUT2D eigenvalue weighted by Crippen LogP contribution is 2.14. The molecule has 0 radical (unpaired) electrons. The van der Waals surface area contributed by atoms with E-state index in [1.54, 1.807) is 48.8 Å². The molecular weight excluding hydrogens is 354 g/mol. The van der Waals surface area contributed by atoms with Gasteiger partial charge in [-0.2, -0.15) is 0 Å². The van der Waals surface area contributed by atoms with Gasteiger partial charge in [-0.3, -0.25) is 9.59 Å². The van der Waals surface area contributed by atoms with Gasteiger partial charge >= 0.3 is 0 Å². The van der Waals surface area contributed by atoms with Crippen LogP contribution in [-0.2, 0) is 11.2 Å². The third kappa shape index (κ3) is 4.90. The molecule has 3 aromatic rings. The van der Waals surface area contributed by atoms with E-state index in [1.807, 2.05) is 0 Å². The van der Waals surface area contributed by atoms with Gasteiger partial charge in [0.05, 0.1) is 5.02 Å². The number of amides is 2. The number of aromatic nitrogens is 3. The summed E-state index contributed by atoms with van der Waals surface area (Å²) in [6, 6.07) is 9.94. The topological polar surface area (TPSA) is 99.8 Å². The van der Waals surface area contributed by atoms with Crippen LogP contribution in [0.2, 0.25) is 5.02 Å². The SMILES string of the molecule is O=C(CCc1ncc[nH]1)Nc1cccc(C(=O)Nc2ccc(Cl)cn2)c1. The Bertz CT molecular complexity index is 894. The van der Waals surface area contributed by atoms with Crippen LogP contribution >= 0.6 is 11.6 Å². The van der Waals surface area contributed by atoms with E-state index in [1.165, 1.54) is 6.20 Å². The fraction of sp³-hybridized carbons (Fsp3) is 0.111. The summed E-state index contributed by atoms with van der Waals surface area (Å²) in [4.78, 5) is 35.4. The third-order valence-electron chi connectivity index (χ3n) is 3.52. The summed E-state index contributed by atoms with van der Waals surface area (Å²) in [5.74, 6) is 0.667. The molecule has 2 aromatic heterocycles. The Balaban J connectivity index is 1.59. The standard InChI is InChI=1S/C18H16ClN5O2/c19-13-4-5-16(22-11-13)24-18(26)12-2-1-3-14(10-12)23-17(25)7-6-15-20-8-9-21-15/h1-5,8-11H,6-7H2,(H,20,21)(H,23,25)(H,22,24,26). The van der Waals surface area contributed by atoms with Crippen molar-refractivity contribution in [2.24, 2.45) is 0 Å². The summed E-state index contributed by atoms with van der Waals surface area (Å²) in [6.45, 7) is 0. The Morgan fingerprint density at radius 3 is 2.73 bits per heavy atom. The van der Waals surface area contributed by atoms with Crippen LogP contribution in [0.4, 0.5) is 11.5 Å². The number of hydrogen-bond acceptors (Lipinski definition) is 4. The Labute approximate surface area is 154 Å². The minimum Gasteiger partial charge on any atom is -0.349 e. The fourth-order valence-electron chi connectivity index (χ4n) is 2.27. The molecule has 26 heavy (non-hydrogen) atoms. The van der Waals surface area contributed by atoms with Gasteiger partial charge in [-0.25, -0.2) is 9.97 Å².